The van der Waals surface area contributed by atoms with E-state index in [0.717, 1.165) is 31.9 Å². The van der Waals surface area contributed by atoms with Crippen LogP contribution in [0, 0.1) is 0 Å². The third kappa shape index (κ3) is 2.35. The van der Waals surface area contributed by atoms with Crippen LogP contribution < -0.4 is 5.32 Å². The Morgan fingerprint density at radius 2 is 2.15 bits per heavy atom. The van der Waals surface area contributed by atoms with Crippen molar-refractivity contribution in [1.82, 2.24) is 19.4 Å². The molecule has 3 rings (SSSR count). The Hall–Kier alpha value is -2.05. The third-order valence-corrected chi connectivity index (χ3v) is 3.82. The highest BCUT2D eigenvalue weighted by atomic mass is 16.2. The second-order valence-corrected chi connectivity index (χ2v) is 5.32. The van der Waals surface area contributed by atoms with E-state index in [0.29, 0.717) is 18.8 Å². The van der Waals surface area contributed by atoms with E-state index in [2.05, 4.69) is 10.3 Å². The fourth-order valence-corrected chi connectivity index (χ4v) is 2.60. The van der Waals surface area contributed by atoms with Crippen molar-refractivity contribution in [3.8, 4) is 0 Å². The topological polar surface area (TPSA) is 70.5 Å². The van der Waals surface area contributed by atoms with Gasteiger partial charge in [0.05, 0.1) is 0 Å². The Bertz CT molecular complexity index is 515. The second kappa shape index (κ2) is 5.15. The number of hydrogen-bond acceptors (Lipinski definition) is 4. The van der Waals surface area contributed by atoms with Gasteiger partial charge in [-0.15, -0.1) is 0 Å². The summed E-state index contributed by atoms with van der Waals surface area (Å²) in [5.74, 6) is 0.577. The van der Waals surface area contributed by atoms with Crippen molar-refractivity contribution in [2.45, 2.75) is 19.4 Å². The number of aromatic nitrogens is 2. The molecule has 7 heteroatoms. The number of likely N-dealkylation sites (N-methyl/N-ethyl adjacent to an activating group) is 1. The smallest absolute Gasteiger partial charge is 0.274 e. The molecule has 2 aliphatic rings. The van der Waals surface area contributed by atoms with Crippen molar-refractivity contribution in [2.75, 3.05) is 38.5 Å². The summed E-state index contributed by atoms with van der Waals surface area (Å²) in [7, 11) is 1.77. The van der Waals surface area contributed by atoms with Crippen molar-refractivity contribution in [1.29, 1.82) is 0 Å². The quantitative estimate of drug-likeness (QED) is 0.784. The zero-order chi connectivity index (χ0) is 14.1. The highest BCUT2D eigenvalue weighted by Gasteiger charge is 2.26. The molecule has 0 unspecified atom stereocenters. The average Bonchev–Trinajstić information content (AvgIpc) is 2.81. The highest BCUT2D eigenvalue weighted by Crippen LogP contribution is 2.16. The fourth-order valence-electron chi connectivity index (χ4n) is 2.60. The summed E-state index contributed by atoms with van der Waals surface area (Å²) in [5, 5.41) is 3.17. The monoisotopic (exact) mass is 277 g/mol. The van der Waals surface area contributed by atoms with E-state index in [1.54, 1.807) is 23.0 Å². The number of carbonyl (C=O) groups excluding carboxylic acids is 2. The normalized spacial score (nSPS) is 19.4. The molecule has 0 spiro atoms. The van der Waals surface area contributed by atoms with Crippen molar-refractivity contribution in [3.05, 3.63) is 11.9 Å². The molecule has 1 saturated heterocycles. The van der Waals surface area contributed by atoms with E-state index < -0.39 is 0 Å². The van der Waals surface area contributed by atoms with Crippen LogP contribution in [0.25, 0.3) is 0 Å². The summed E-state index contributed by atoms with van der Waals surface area (Å²) in [6, 6.07) is 0. The summed E-state index contributed by atoms with van der Waals surface area (Å²) in [6.07, 6.45) is 3.62. The van der Waals surface area contributed by atoms with E-state index in [4.69, 9.17) is 0 Å². The molecule has 7 nitrogen and oxygen atoms in total. The van der Waals surface area contributed by atoms with Gasteiger partial charge in [-0.25, -0.2) is 4.98 Å². The van der Waals surface area contributed by atoms with Crippen LogP contribution in [0.1, 0.15) is 23.3 Å². The number of rotatable bonds is 1. The van der Waals surface area contributed by atoms with Crippen LogP contribution >= 0.6 is 0 Å². The molecule has 1 fully saturated rings. The molecule has 1 aromatic rings. The molecule has 2 aliphatic heterocycles. The Balaban J connectivity index is 1.77. The number of nitrogens with zero attached hydrogens (tertiary/aromatic N) is 4. The van der Waals surface area contributed by atoms with E-state index in [-0.39, 0.29) is 18.4 Å². The van der Waals surface area contributed by atoms with Gasteiger partial charge in [0.1, 0.15) is 12.2 Å². The van der Waals surface area contributed by atoms with E-state index in [9.17, 15) is 9.59 Å². The van der Waals surface area contributed by atoms with Gasteiger partial charge in [-0.1, -0.05) is 0 Å². The number of carbonyl (C=O) groups is 2. The molecule has 0 bridgehead atoms. The average molecular weight is 277 g/mol. The SMILES string of the molecule is CN1CCCN(C(=O)c2cn3c(n2)NCCC3)CC1=O. The minimum absolute atomic E-state index is 0.0158. The first-order valence-corrected chi connectivity index (χ1v) is 6.99. The standard InChI is InChI=1S/C13H19N5O2/c1-16-5-3-7-17(9-11(16)19)12(20)10-8-18-6-2-4-14-13(18)15-10/h8H,2-7,9H2,1H3,(H,14,15). The molecule has 0 aromatic carbocycles. The Morgan fingerprint density at radius 1 is 1.30 bits per heavy atom. The van der Waals surface area contributed by atoms with Crippen LogP contribution in [0.2, 0.25) is 0 Å². The maximum Gasteiger partial charge on any atom is 0.274 e. The molecule has 0 radical (unpaired) electrons. The summed E-state index contributed by atoms with van der Waals surface area (Å²) < 4.78 is 1.96. The minimum atomic E-state index is -0.155. The van der Waals surface area contributed by atoms with Crippen molar-refractivity contribution in [3.63, 3.8) is 0 Å². The first-order valence-electron chi connectivity index (χ1n) is 6.99. The molecule has 3 heterocycles. The lowest BCUT2D eigenvalue weighted by atomic mass is 10.3. The maximum absolute atomic E-state index is 12.5. The van der Waals surface area contributed by atoms with Crippen LogP contribution in [0.15, 0.2) is 6.20 Å². The van der Waals surface area contributed by atoms with Gasteiger partial charge in [0.25, 0.3) is 5.91 Å². The van der Waals surface area contributed by atoms with E-state index >= 15 is 0 Å². The molecule has 1 aromatic heterocycles. The summed E-state index contributed by atoms with van der Waals surface area (Å²) in [6.45, 7) is 3.21. The van der Waals surface area contributed by atoms with Crippen molar-refractivity contribution >= 4 is 17.8 Å². The van der Waals surface area contributed by atoms with E-state index in [1.807, 2.05) is 4.57 Å². The molecule has 2 amide bonds. The predicted octanol–water partition coefficient (Wildman–Crippen LogP) is 0.00300. The largest absolute Gasteiger partial charge is 0.356 e. The minimum Gasteiger partial charge on any atom is -0.356 e. The van der Waals surface area contributed by atoms with Crippen molar-refractivity contribution in [2.24, 2.45) is 0 Å². The van der Waals surface area contributed by atoms with Gasteiger partial charge in [-0.2, -0.15) is 0 Å². The molecule has 0 saturated carbocycles. The Labute approximate surface area is 117 Å². The molecule has 108 valence electrons. The lowest BCUT2D eigenvalue weighted by Gasteiger charge is -2.18. The van der Waals surface area contributed by atoms with Crippen molar-refractivity contribution < 1.29 is 9.59 Å². The molecular formula is C13H19N5O2. The number of hydrogen-bond donors (Lipinski definition) is 1. The third-order valence-electron chi connectivity index (χ3n) is 3.82. The van der Waals surface area contributed by atoms with Gasteiger partial charge in [0.15, 0.2) is 0 Å². The summed E-state index contributed by atoms with van der Waals surface area (Å²) in [5.41, 5.74) is 0.423. The van der Waals surface area contributed by atoms with Crippen LogP contribution in [-0.4, -0.2) is 64.4 Å². The molecule has 0 aliphatic carbocycles. The summed E-state index contributed by atoms with van der Waals surface area (Å²) in [4.78, 5) is 31.9. The number of fused-ring (bicyclic) bond motifs is 1. The fraction of sp³-hybridized carbons (Fsp3) is 0.615. The van der Waals surface area contributed by atoms with Gasteiger partial charge in [-0.05, 0) is 12.8 Å². The lowest BCUT2D eigenvalue weighted by molar-refractivity contribution is -0.129. The van der Waals surface area contributed by atoms with Crippen LogP contribution in [0.3, 0.4) is 0 Å². The first kappa shape index (κ1) is 13.0. The van der Waals surface area contributed by atoms with Crippen LogP contribution in [0.5, 0.6) is 0 Å². The van der Waals surface area contributed by atoms with Crippen LogP contribution in [-0.2, 0) is 11.3 Å². The van der Waals surface area contributed by atoms with Gasteiger partial charge in [0, 0.05) is 39.4 Å². The van der Waals surface area contributed by atoms with Crippen LogP contribution in [0.4, 0.5) is 5.95 Å². The Kier molecular flexibility index (Phi) is 3.33. The zero-order valence-electron chi connectivity index (χ0n) is 11.6. The predicted molar refractivity (Wildman–Crippen MR) is 73.5 cm³/mol. The van der Waals surface area contributed by atoms with Gasteiger partial charge in [-0.3, -0.25) is 9.59 Å². The number of aryl methyl sites for hydroxylation is 1. The number of nitrogens with one attached hydrogen (secondary N) is 1. The molecule has 20 heavy (non-hydrogen) atoms. The lowest BCUT2D eigenvalue weighted by Crippen LogP contribution is -2.38. The van der Waals surface area contributed by atoms with Gasteiger partial charge in [0.2, 0.25) is 11.9 Å². The summed E-state index contributed by atoms with van der Waals surface area (Å²) >= 11 is 0. The molecular weight excluding hydrogens is 258 g/mol. The zero-order valence-corrected chi connectivity index (χ0v) is 11.6. The Morgan fingerprint density at radius 3 is 2.95 bits per heavy atom. The number of amides is 2. The van der Waals surface area contributed by atoms with Gasteiger partial charge >= 0.3 is 0 Å². The number of anilines is 1. The van der Waals surface area contributed by atoms with Gasteiger partial charge < -0.3 is 19.7 Å². The first-order chi connectivity index (χ1) is 9.65. The highest BCUT2D eigenvalue weighted by molar-refractivity contribution is 5.95. The van der Waals surface area contributed by atoms with E-state index in [1.165, 1.54) is 0 Å². The molecule has 1 N–H and O–H groups in total. The number of imidazole rings is 1. The maximum atomic E-state index is 12.5. The second-order valence-electron chi connectivity index (χ2n) is 5.32. The molecule has 0 atom stereocenters.